The van der Waals surface area contributed by atoms with Crippen LogP contribution in [-0.4, -0.2) is 5.78 Å². The standard InChI is InChI=1S/C11H8F3NO/c12-11(13,14)9-5-2-1-4-8(9)10(16)6-3-7-15/h1-2,4-5H,3,6H2. The summed E-state index contributed by atoms with van der Waals surface area (Å²) in [6.07, 6.45) is -4.81. The predicted molar refractivity (Wildman–Crippen MR) is 50.6 cm³/mol. The Labute approximate surface area is 90.3 Å². The number of nitriles is 1. The average molecular weight is 227 g/mol. The van der Waals surface area contributed by atoms with Gasteiger partial charge in [0.25, 0.3) is 0 Å². The quantitative estimate of drug-likeness (QED) is 0.744. The maximum absolute atomic E-state index is 12.5. The second-order valence-corrected chi connectivity index (χ2v) is 3.12. The summed E-state index contributed by atoms with van der Waals surface area (Å²) >= 11 is 0. The normalized spacial score (nSPS) is 10.9. The van der Waals surface area contributed by atoms with Crippen molar-refractivity contribution in [2.45, 2.75) is 19.0 Å². The molecule has 0 fully saturated rings. The summed E-state index contributed by atoms with van der Waals surface area (Å²) in [4.78, 5) is 11.4. The van der Waals surface area contributed by atoms with Crippen LogP contribution in [0.15, 0.2) is 24.3 Å². The molecule has 0 amide bonds. The Hall–Kier alpha value is -1.83. The molecular formula is C11H8F3NO. The maximum Gasteiger partial charge on any atom is 0.417 e. The molecule has 0 spiro atoms. The first-order valence-corrected chi connectivity index (χ1v) is 4.53. The van der Waals surface area contributed by atoms with E-state index >= 15 is 0 Å². The van der Waals surface area contributed by atoms with Gasteiger partial charge in [-0.15, -0.1) is 0 Å². The molecule has 0 atom stereocenters. The van der Waals surface area contributed by atoms with E-state index in [1.54, 1.807) is 6.07 Å². The molecule has 0 N–H and O–H groups in total. The lowest BCUT2D eigenvalue weighted by molar-refractivity contribution is -0.137. The Bertz CT molecular complexity index is 432. The van der Waals surface area contributed by atoms with E-state index in [-0.39, 0.29) is 18.4 Å². The van der Waals surface area contributed by atoms with Gasteiger partial charge in [-0.1, -0.05) is 18.2 Å². The molecule has 84 valence electrons. The van der Waals surface area contributed by atoms with Crippen LogP contribution in [0, 0.1) is 11.3 Å². The highest BCUT2D eigenvalue weighted by Crippen LogP contribution is 2.32. The number of rotatable bonds is 3. The lowest BCUT2D eigenvalue weighted by atomic mass is 10.0. The number of hydrogen-bond acceptors (Lipinski definition) is 2. The molecule has 0 aliphatic heterocycles. The van der Waals surface area contributed by atoms with Gasteiger partial charge in [0.05, 0.1) is 11.6 Å². The highest BCUT2D eigenvalue weighted by atomic mass is 19.4. The fraction of sp³-hybridized carbons (Fsp3) is 0.273. The van der Waals surface area contributed by atoms with Gasteiger partial charge in [-0.3, -0.25) is 4.79 Å². The summed E-state index contributed by atoms with van der Waals surface area (Å²) in [5, 5.41) is 8.27. The van der Waals surface area contributed by atoms with Crippen molar-refractivity contribution in [3.8, 4) is 6.07 Å². The van der Waals surface area contributed by atoms with Crippen molar-refractivity contribution in [3.05, 3.63) is 35.4 Å². The van der Waals surface area contributed by atoms with Crippen LogP contribution in [0.4, 0.5) is 13.2 Å². The first-order chi connectivity index (χ1) is 7.46. The predicted octanol–water partition coefficient (Wildman–Crippen LogP) is 3.19. The van der Waals surface area contributed by atoms with Crippen molar-refractivity contribution in [1.82, 2.24) is 0 Å². The molecule has 2 nitrogen and oxygen atoms in total. The SMILES string of the molecule is N#CCCC(=O)c1ccccc1C(F)(F)F. The summed E-state index contributed by atoms with van der Waals surface area (Å²) < 4.78 is 37.5. The molecule has 1 aromatic rings. The Morgan fingerprint density at radius 3 is 2.50 bits per heavy atom. The van der Waals surface area contributed by atoms with Crippen LogP contribution >= 0.6 is 0 Å². The molecule has 0 aliphatic rings. The number of halogens is 3. The smallest absolute Gasteiger partial charge is 0.294 e. The molecule has 0 saturated carbocycles. The first kappa shape index (κ1) is 12.2. The van der Waals surface area contributed by atoms with Crippen LogP contribution < -0.4 is 0 Å². The number of nitrogens with zero attached hydrogens (tertiary/aromatic N) is 1. The van der Waals surface area contributed by atoms with Crippen LogP contribution in [-0.2, 0) is 6.18 Å². The van der Waals surface area contributed by atoms with Crippen molar-refractivity contribution in [1.29, 1.82) is 5.26 Å². The van der Waals surface area contributed by atoms with Crippen molar-refractivity contribution >= 4 is 5.78 Å². The third kappa shape index (κ3) is 2.83. The fourth-order valence-electron chi connectivity index (χ4n) is 1.28. The van der Waals surface area contributed by atoms with Crippen molar-refractivity contribution in [2.24, 2.45) is 0 Å². The average Bonchev–Trinajstić information content (AvgIpc) is 2.24. The first-order valence-electron chi connectivity index (χ1n) is 4.53. The Kier molecular flexibility index (Phi) is 3.67. The highest BCUT2D eigenvalue weighted by molar-refractivity contribution is 5.97. The van der Waals surface area contributed by atoms with E-state index in [9.17, 15) is 18.0 Å². The summed E-state index contributed by atoms with van der Waals surface area (Å²) in [6, 6.07) is 6.31. The van der Waals surface area contributed by atoms with E-state index < -0.39 is 17.5 Å². The molecule has 0 unspecified atom stereocenters. The molecule has 16 heavy (non-hydrogen) atoms. The van der Waals surface area contributed by atoms with Crippen molar-refractivity contribution < 1.29 is 18.0 Å². The molecule has 0 saturated heterocycles. The van der Waals surface area contributed by atoms with Crippen LogP contribution in [0.2, 0.25) is 0 Å². The van der Waals surface area contributed by atoms with Gasteiger partial charge in [0.1, 0.15) is 0 Å². The van der Waals surface area contributed by atoms with Gasteiger partial charge in [0, 0.05) is 18.4 Å². The number of ketones is 1. The second-order valence-electron chi connectivity index (χ2n) is 3.12. The number of carbonyl (C=O) groups excluding carboxylic acids is 1. The zero-order chi connectivity index (χ0) is 12.2. The van der Waals surface area contributed by atoms with E-state index in [0.717, 1.165) is 12.1 Å². The van der Waals surface area contributed by atoms with E-state index in [0.29, 0.717) is 0 Å². The van der Waals surface area contributed by atoms with Gasteiger partial charge in [-0.05, 0) is 6.07 Å². The van der Waals surface area contributed by atoms with E-state index in [4.69, 9.17) is 5.26 Å². The zero-order valence-electron chi connectivity index (χ0n) is 8.21. The topological polar surface area (TPSA) is 40.9 Å². The zero-order valence-corrected chi connectivity index (χ0v) is 8.21. The molecular weight excluding hydrogens is 219 g/mol. The van der Waals surface area contributed by atoms with Crippen molar-refractivity contribution in [2.75, 3.05) is 0 Å². The minimum absolute atomic E-state index is 0.0783. The van der Waals surface area contributed by atoms with Gasteiger partial charge in [0.15, 0.2) is 5.78 Å². The number of carbonyl (C=O) groups is 1. The number of benzene rings is 1. The second kappa shape index (κ2) is 4.79. The van der Waals surface area contributed by atoms with Gasteiger partial charge in [-0.25, -0.2) is 0 Å². The number of alkyl halides is 3. The highest BCUT2D eigenvalue weighted by Gasteiger charge is 2.34. The van der Waals surface area contributed by atoms with Crippen molar-refractivity contribution in [3.63, 3.8) is 0 Å². The monoisotopic (exact) mass is 227 g/mol. The fourth-order valence-corrected chi connectivity index (χ4v) is 1.28. The Morgan fingerprint density at radius 1 is 1.31 bits per heavy atom. The minimum Gasteiger partial charge on any atom is -0.294 e. The number of Topliss-reactive ketones (excluding diaryl/α,β-unsaturated/α-hetero) is 1. The summed E-state index contributed by atoms with van der Waals surface area (Å²) in [7, 11) is 0. The summed E-state index contributed by atoms with van der Waals surface area (Å²) in [5.74, 6) is -0.658. The number of hydrogen-bond donors (Lipinski definition) is 0. The third-order valence-electron chi connectivity index (χ3n) is 2.00. The van der Waals surface area contributed by atoms with Crippen LogP contribution in [0.1, 0.15) is 28.8 Å². The van der Waals surface area contributed by atoms with Crippen LogP contribution in [0.25, 0.3) is 0 Å². The Balaban J connectivity index is 3.05. The molecule has 1 aromatic carbocycles. The van der Waals surface area contributed by atoms with Gasteiger partial charge < -0.3 is 0 Å². The molecule has 1 rings (SSSR count). The summed E-state index contributed by atoms with van der Waals surface area (Å²) in [5.41, 5.74) is -1.32. The summed E-state index contributed by atoms with van der Waals surface area (Å²) in [6.45, 7) is 0. The molecule has 0 aliphatic carbocycles. The van der Waals surface area contributed by atoms with Gasteiger partial charge in [-0.2, -0.15) is 18.4 Å². The molecule has 0 heterocycles. The van der Waals surface area contributed by atoms with Gasteiger partial charge >= 0.3 is 6.18 Å². The molecule has 5 heteroatoms. The third-order valence-corrected chi connectivity index (χ3v) is 2.00. The lowest BCUT2D eigenvalue weighted by Gasteiger charge is -2.10. The Morgan fingerprint density at radius 2 is 1.94 bits per heavy atom. The largest absolute Gasteiger partial charge is 0.417 e. The lowest BCUT2D eigenvalue weighted by Crippen LogP contribution is -2.12. The molecule has 0 aromatic heterocycles. The maximum atomic E-state index is 12.5. The minimum atomic E-state index is -4.54. The van der Waals surface area contributed by atoms with Crippen LogP contribution in [0.5, 0.6) is 0 Å². The van der Waals surface area contributed by atoms with Gasteiger partial charge in [0.2, 0.25) is 0 Å². The molecule has 0 radical (unpaired) electrons. The van der Waals surface area contributed by atoms with Crippen LogP contribution in [0.3, 0.4) is 0 Å². The van der Waals surface area contributed by atoms with E-state index in [2.05, 4.69) is 0 Å². The van der Waals surface area contributed by atoms with E-state index in [1.165, 1.54) is 12.1 Å². The molecule has 0 bridgehead atoms. The van der Waals surface area contributed by atoms with E-state index in [1.807, 2.05) is 0 Å².